The van der Waals surface area contributed by atoms with Crippen LogP contribution in [0.1, 0.15) is 35.2 Å². The maximum atomic E-state index is 12.0. The third-order valence-electron chi connectivity index (χ3n) is 3.17. The third kappa shape index (κ3) is 2.87. The molecule has 1 aromatic rings. The number of aliphatic hydroxyl groups is 1. The molecule has 17 heavy (non-hydrogen) atoms. The molecular formula is C13H16BrNO2. The van der Waals surface area contributed by atoms with Crippen molar-refractivity contribution in [3.63, 3.8) is 0 Å². The Balaban J connectivity index is 2.09. The minimum atomic E-state index is -0.400. The second kappa shape index (κ2) is 5.19. The van der Waals surface area contributed by atoms with Gasteiger partial charge >= 0.3 is 0 Å². The monoisotopic (exact) mass is 297 g/mol. The molecule has 0 saturated heterocycles. The standard InChI is InChI=1S/C13H16BrNO2/c1-8-5-6-9(10(14)7-8)13(17)15-11-3-2-4-12(11)16/h5-7,11-12,16H,2-4H2,1H3,(H,15,17)/t11-,12+/m1/s1. The SMILES string of the molecule is Cc1ccc(C(=O)N[C@@H]2CCC[C@@H]2O)c(Br)c1. The Kier molecular flexibility index (Phi) is 3.84. The minimum Gasteiger partial charge on any atom is -0.391 e. The fourth-order valence-electron chi connectivity index (χ4n) is 2.16. The van der Waals surface area contributed by atoms with E-state index in [0.29, 0.717) is 5.56 Å². The van der Waals surface area contributed by atoms with E-state index in [1.807, 2.05) is 19.1 Å². The Morgan fingerprint density at radius 1 is 1.47 bits per heavy atom. The summed E-state index contributed by atoms with van der Waals surface area (Å²) in [7, 11) is 0. The Morgan fingerprint density at radius 3 is 2.82 bits per heavy atom. The van der Waals surface area contributed by atoms with Gasteiger partial charge in [-0.2, -0.15) is 0 Å². The number of aliphatic hydroxyl groups excluding tert-OH is 1. The van der Waals surface area contributed by atoms with Crippen molar-refractivity contribution in [2.45, 2.75) is 38.3 Å². The smallest absolute Gasteiger partial charge is 0.252 e. The molecule has 0 unspecified atom stereocenters. The average Bonchev–Trinajstić information content (AvgIpc) is 2.64. The molecule has 2 atom stereocenters. The predicted octanol–water partition coefficient (Wildman–Crippen LogP) is 2.40. The van der Waals surface area contributed by atoms with Crippen LogP contribution in [0.4, 0.5) is 0 Å². The van der Waals surface area contributed by atoms with Crippen molar-refractivity contribution in [1.82, 2.24) is 5.32 Å². The van der Waals surface area contributed by atoms with Crippen molar-refractivity contribution in [3.05, 3.63) is 33.8 Å². The third-order valence-corrected chi connectivity index (χ3v) is 3.82. The van der Waals surface area contributed by atoms with Crippen LogP contribution in [0.3, 0.4) is 0 Å². The van der Waals surface area contributed by atoms with Gasteiger partial charge in [0.2, 0.25) is 0 Å². The molecule has 0 aliphatic heterocycles. The van der Waals surface area contributed by atoms with Crippen LogP contribution in [0.25, 0.3) is 0 Å². The van der Waals surface area contributed by atoms with Gasteiger partial charge in [-0.15, -0.1) is 0 Å². The molecule has 2 rings (SSSR count). The van der Waals surface area contributed by atoms with E-state index in [4.69, 9.17) is 0 Å². The summed E-state index contributed by atoms with van der Waals surface area (Å²) < 4.78 is 0.794. The van der Waals surface area contributed by atoms with Crippen molar-refractivity contribution in [2.24, 2.45) is 0 Å². The molecule has 0 aromatic heterocycles. The first-order chi connectivity index (χ1) is 8.08. The van der Waals surface area contributed by atoms with Gasteiger partial charge in [0, 0.05) is 4.47 Å². The van der Waals surface area contributed by atoms with Crippen molar-refractivity contribution in [3.8, 4) is 0 Å². The van der Waals surface area contributed by atoms with Crippen molar-refractivity contribution in [2.75, 3.05) is 0 Å². The van der Waals surface area contributed by atoms with E-state index >= 15 is 0 Å². The zero-order valence-corrected chi connectivity index (χ0v) is 11.3. The first-order valence-corrected chi connectivity index (χ1v) is 6.62. The topological polar surface area (TPSA) is 49.3 Å². The number of amides is 1. The lowest BCUT2D eigenvalue weighted by atomic mass is 10.1. The molecule has 4 heteroatoms. The van der Waals surface area contributed by atoms with Crippen LogP contribution in [0, 0.1) is 6.92 Å². The van der Waals surface area contributed by atoms with Crippen LogP contribution in [0.5, 0.6) is 0 Å². The van der Waals surface area contributed by atoms with Crippen molar-refractivity contribution >= 4 is 21.8 Å². The Morgan fingerprint density at radius 2 is 2.24 bits per heavy atom. The summed E-state index contributed by atoms with van der Waals surface area (Å²) in [6.07, 6.45) is 2.21. The number of rotatable bonds is 2. The summed E-state index contributed by atoms with van der Waals surface area (Å²) in [5.74, 6) is -0.122. The Bertz CT molecular complexity index is 433. The fraction of sp³-hybridized carbons (Fsp3) is 0.462. The van der Waals surface area contributed by atoms with E-state index in [0.717, 1.165) is 29.3 Å². The normalized spacial score (nSPS) is 23.7. The van der Waals surface area contributed by atoms with E-state index in [2.05, 4.69) is 21.2 Å². The van der Waals surface area contributed by atoms with Crippen LogP contribution < -0.4 is 5.32 Å². The lowest BCUT2D eigenvalue weighted by Crippen LogP contribution is -2.39. The molecule has 1 aliphatic carbocycles. The lowest BCUT2D eigenvalue weighted by Gasteiger charge is -2.17. The fourth-order valence-corrected chi connectivity index (χ4v) is 2.83. The summed E-state index contributed by atoms with van der Waals surface area (Å²) in [5.41, 5.74) is 1.73. The van der Waals surface area contributed by atoms with Gasteiger partial charge in [-0.3, -0.25) is 4.79 Å². The molecule has 1 fully saturated rings. The molecule has 0 bridgehead atoms. The van der Waals surface area contributed by atoms with Gasteiger partial charge in [-0.1, -0.05) is 6.07 Å². The van der Waals surface area contributed by atoms with Gasteiger partial charge in [0.25, 0.3) is 5.91 Å². The molecule has 3 nitrogen and oxygen atoms in total. The van der Waals surface area contributed by atoms with Gasteiger partial charge in [0.1, 0.15) is 0 Å². The molecule has 1 amide bonds. The number of nitrogens with one attached hydrogen (secondary N) is 1. The summed E-state index contributed by atoms with van der Waals surface area (Å²) in [5, 5.41) is 12.6. The van der Waals surface area contributed by atoms with Crippen LogP contribution in [0.15, 0.2) is 22.7 Å². The molecule has 92 valence electrons. The lowest BCUT2D eigenvalue weighted by molar-refractivity contribution is 0.0872. The highest BCUT2D eigenvalue weighted by molar-refractivity contribution is 9.10. The number of aryl methyl sites for hydroxylation is 1. The van der Waals surface area contributed by atoms with Crippen LogP contribution in [-0.4, -0.2) is 23.2 Å². The zero-order valence-electron chi connectivity index (χ0n) is 9.74. The number of hydrogen-bond acceptors (Lipinski definition) is 2. The Hall–Kier alpha value is -0.870. The second-order valence-corrected chi connectivity index (χ2v) is 5.42. The maximum absolute atomic E-state index is 12.0. The van der Waals surface area contributed by atoms with Gasteiger partial charge < -0.3 is 10.4 Å². The highest BCUT2D eigenvalue weighted by Gasteiger charge is 2.27. The van der Waals surface area contributed by atoms with Gasteiger partial charge in [-0.05, 0) is 59.8 Å². The van der Waals surface area contributed by atoms with E-state index in [-0.39, 0.29) is 11.9 Å². The number of hydrogen-bond donors (Lipinski definition) is 2. The van der Waals surface area contributed by atoms with Crippen LogP contribution >= 0.6 is 15.9 Å². The first kappa shape index (κ1) is 12.6. The molecule has 1 aromatic carbocycles. The number of benzene rings is 1. The number of carbonyl (C=O) groups excluding carboxylic acids is 1. The van der Waals surface area contributed by atoms with E-state index in [1.165, 1.54) is 0 Å². The summed E-state index contributed by atoms with van der Waals surface area (Å²) in [6.45, 7) is 1.98. The van der Waals surface area contributed by atoms with Gasteiger partial charge in [-0.25, -0.2) is 0 Å². The predicted molar refractivity (Wildman–Crippen MR) is 70.0 cm³/mol. The van der Waals surface area contributed by atoms with Gasteiger partial charge in [0.05, 0.1) is 17.7 Å². The molecule has 1 saturated carbocycles. The number of halogens is 1. The second-order valence-electron chi connectivity index (χ2n) is 4.56. The molecule has 0 heterocycles. The largest absolute Gasteiger partial charge is 0.391 e. The number of carbonyl (C=O) groups is 1. The Labute approximate surface area is 109 Å². The van der Waals surface area contributed by atoms with Crippen LogP contribution in [-0.2, 0) is 0 Å². The first-order valence-electron chi connectivity index (χ1n) is 5.83. The average molecular weight is 298 g/mol. The van der Waals surface area contributed by atoms with E-state index in [9.17, 15) is 9.90 Å². The summed E-state index contributed by atoms with van der Waals surface area (Å²) in [4.78, 5) is 12.0. The van der Waals surface area contributed by atoms with Crippen molar-refractivity contribution < 1.29 is 9.90 Å². The zero-order chi connectivity index (χ0) is 12.4. The molecule has 1 aliphatic rings. The minimum absolute atomic E-state index is 0.101. The quantitative estimate of drug-likeness (QED) is 0.881. The van der Waals surface area contributed by atoms with E-state index in [1.54, 1.807) is 6.07 Å². The highest BCUT2D eigenvalue weighted by atomic mass is 79.9. The molecule has 0 spiro atoms. The van der Waals surface area contributed by atoms with Crippen molar-refractivity contribution in [1.29, 1.82) is 0 Å². The van der Waals surface area contributed by atoms with E-state index < -0.39 is 6.10 Å². The summed E-state index contributed by atoms with van der Waals surface area (Å²) in [6, 6.07) is 5.52. The molecule has 0 radical (unpaired) electrons. The van der Waals surface area contributed by atoms with Crippen LogP contribution in [0.2, 0.25) is 0 Å². The van der Waals surface area contributed by atoms with Gasteiger partial charge in [0.15, 0.2) is 0 Å². The highest BCUT2D eigenvalue weighted by Crippen LogP contribution is 2.21. The molecular weight excluding hydrogens is 282 g/mol. The molecule has 2 N–H and O–H groups in total. The maximum Gasteiger partial charge on any atom is 0.252 e. The summed E-state index contributed by atoms with van der Waals surface area (Å²) >= 11 is 3.39.